The Bertz CT molecular complexity index is 2770. The molecule has 7 aromatic carbocycles. The van der Waals surface area contributed by atoms with E-state index < -0.39 is 5.78 Å². The number of carbonyl (C=O) groups is 3. The number of hydrogen-bond acceptors (Lipinski definition) is 10. The summed E-state index contributed by atoms with van der Waals surface area (Å²) >= 11 is 0. The van der Waals surface area contributed by atoms with Crippen LogP contribution in [0.5, 0.6) is 40.2 Å². The zero-order valence-corrected chi connectivity index (χ0v) is 43.6. The molecule has 0 bridgehead atoms. The number of phenolic OH excluding ortho intramolecular Hbond substituents is 4. The number of aromatic hydroxyl groups is 4. The standard InChI is InChI=1S/C31H46O3.C20H16O3.C14H12O4/c1-2-3-4-5-6-7-8-9-10-11-12-13-14-15-16-20-25-34-28-23-24-29(30(32)26-28)31(33)27-21-18-17-19-22-27;21-19-13-17(23-14-15-7-3-1-4-8-15)11-12-18(19)20(22)16-9-5-2-6-10-16;1-18-9-6-7-11(13(16)8-9)14(17)10-4-2-3-5-12(10)15/h17-19,21-24,26,32H,2-16,20,25H2,1H3;1-13,21H,14H2;2-8,15-16H,1H3. The fourth-order valence-electron chi connectivity index (χ4n) is 8.30. The lowest BCUT2D eigenvalue weighted by atomic mass is 10.0. The maximum atomic E-state index is 12.5. The lowest BCUT2D eigenvalue weighted by Crippen LogP contribution is -2.02. The third kappa shape index (κ3) is 20.2. The Morgan fingerprint density at radius 3 is 1.16 bits per heavy atom. The summed E-state index contributed by atoms with van der Waals surface area (Å²) in [7, 11) is 1.47. The Morgan fingerprint density at radius 2 is 0.720 bits per heavy atom. The van der Waals surface area contributed by atoms with Crippen LogP contribution in [-0.4, -0.2) is 51.5 Å². The summed E-state index contributed by atoms with van der Waals surface area (Å²) in [6.45, 7) is 3.33. The molecule has 0 aliphatic heterocycles. The van der Waals surface area contributed by atoms with Crippen molar-refractivity contribution in [2.45, 2.75) is 116 Å². The van der Waals surface area contributed by atoms with Gasteiger partial charge in [-0.25, -0.2) is 0 Å². The minimum Gasteiger partial charge on any atom is -0.507 e. The number of unbranched alkanes of at least 4 members (excludes halogenated alkanes) is 15. The fraction of sp³-hybridized carbons (Fsp3) is 0.308. The van der Waals surface area contributed by atoms with Gasteiger partial charge in [-0.3, -0.25) is 14.4 Å². The van der Waals surface area contributed by atoms with Gasteiger partial charge in [0.25, 0.3) is 0 Å². The average Bonchev–Trinajstić information content (AvgIpc) is 3.44. The maximum Gasteiger partial charge on any atom is 0.200 e. The molecule has 0 amide bonds. The van der Waals surface area contributed by atoms with Gasteiger partial charge in [0.2, 0.25) is 0 Å². The van der Waals surface area contributed by atoms with E-state index in [4.69, 9.17) is 14.2 Å². The number of phenols is 4. The zero-order chi connectivity index (χ0) is 53.5. The number of para-hydroxylation sites is 1. The van der Waals surface area contributed by atoms with Crippen LogP contribution in [0.4, 0.5) is 0 Å². The molecule has 4 N–H and O–H groups in total. The van der Waals surface area contributed by atoms with Crippen molar-refractivity contribution in [3.63, 3.8) is 0 Å². The van der Waals surface area contributed by atoms with E-state index in [9.17, 15) is 34.8 Å². The fourth-order valence-corrected chi connectivity index (χ4v) is 8.30. The SMILES string of the molecule is CCCCCCCCCCCCCCCCCCOc1ccc(C(=O)c2ccccc2)c(O)c1.COc1ccc(C(=O)c2ccccc2O)c(O)c1.O=C(c1ccccc1)c1ccc(OCc2ccccc2)cc1O. The summed E-state index contributed by atoms with van der Waals surface area (Å²) in [5.41, 5.74) is 3.00. The highest BCUT2D eigenvalue weighted by atomic mass is 16.5. The molecule has 10 heteroatoms. The minimum absolute atomic E-state index is 0.0293. The molecule has 0 aliphatic carbocycles. The molecule has 0 saturated heterocycles. The quantitative estimate of drug-likeness (QED) is 0.0275. The Balaban J connectivity index is 0.000000220. The van der Waals surface area contributed by atoms with Crippen molar-refractivity contribution in [1.82, 2.24) is 0 Å². The highest BCUT2D eigenvalue weighted by molar-refractivity contribution is 6.12. The zero-order valence-electron chi connectivity index (χ0n) is 43.6. The molecule has 7 rings (SSSR count). The molecule has 394 valence electrons. The van der Waals surface area contributed by atoms with Gasteiger partial charge in [-0.05, 0) is 60.5 Å². The molecule has 0 saturated carbocycles. The van der Waals surface area contributed by atoms with Crippen molar-refractivity contribution in [2.24, 2.45) is 0 Å². The lowest BCUT2D eigenvalue weighted by molar-refractivity contribution is 0.102. The van der Waals surface area contributed by atoms with Crippen LogP contribution in [0.15, 0.2) is 170 Å². The normalized spacial score (nSPS) is 10.5. The number of ether oxygens (including phenoxy) is 3. The van der Waals surface area contributed by atoms with Gasteiger partial charge < -0.3 is 34.6 Å². The van der Waals surface area contributed by atoms with Gasteiger partial charge in [0, 0.05) is 29.3 Å². The van der Waals surface area contributed by atoms with Gasteiger partial charge in [-0.1, -0.05) is 206 Å². The number of benzene rings is 7. The predicted octanol–water partition coefficient (Wildman–Crippen LogP) is 15.8. The molecule has 0 fully saturated rings. The smallest absolute Gasteiger partial charge is 0.200 e. The Labute approximate surface area is 443 Å². The third-order valence-electron chi connectivity index (χ3n) is 12.6. The summed E-state index contributed by atoms with van der Waals surface area (Å²) in [6, 6.07) is 47.9. The molecule has 0 atom stereocenters. The number of ketones is 3. The first kappa shape index (κ1) is 58.0. The Hall–Kier alpha value is -7.85. The molecular formula is C65H74O10. The van der Waals surface area contributed by atoms with Crippen molar-refractivity contribution in [3.8, 4) is 40.2 Å². The van der Waals surface area contributed by atoms with Crippen molar-refractivity contribution < 1.29 is 49.0 Å². The van der Waals surface area contributed by atoms with Crippen LogP contribution in [0.2, 0.25) is 0 Å². The van der Waals surface area contributed by atoms with Gasteiger partial charge in [0.05, 0.1) is 36.0 Å². The largest absolute Gasteiger partial charge is 0.507 e. The van der Waals surface area contributed by atoms with Gasteiger partial charge in [0.1, 0.15) is 46.9 Å². The topological polar surface area (TPSA) is 160 Å². The summed E-state index contributed by atoms with van der Waals surface area (Å²) in [4.78, 5) is 37.0. The first-order chi connectivity index (χ1) is 36.6. The van der Waals surface area contributed by atoms with Crippen molar-refractivity contribution in [3.05, 3.63) is 209 Å². The van der Waals surface area contributed by atoms with Crippen LogP contribution in [0.3, 0.4) is 0 Å². The summed E-state index contributed by atoms with van der Waals surface area (Å²) in [6.07, 6.45) is 21.6. The van der Waals surface area contributed by atoms with Gasteiger partial charge in [-0.15, -0.1) is 0 Å². The number of carbonyl (C=O) groups excluding carboxylic acids is 3. The number of methoxy groups -OCH3 is 1. The molecule has 0 radical (unpaired) electrons. The molecule has 0 unspecified atom stereocenters. The number of hydrogen-bond donors (Lipinski definition) is 4. The van der Waals surface area contributed by atoms with Crippen LogP contribution >= 0.6 is 0 Å². The highest BCUT2D eigenvalue weighted by Gasteiger charge is 2.18. The molecule has 0 aliphatic rings. The summed E-state index contributed by atoms with van der Waals surface area (Å²) in [5.74, 6) is 0.372. The van der Waals surface area contributed by atoms with E-state index in [0.717, 1.165) is 12.0 Å². The van der Waals surface area contributed by atoms with E-state index in [1.54, 1.807) is 84.9 Å². The van der Waals surface area contributed by atoms with Gasteiger partial charge >= 0.3 is 0 Å². The average molecular weight is 1020 g/mol. The van der Waals surface area contributed by atoms with Crippen molar-refractivity contribution in [1.29, 1.82) is 0 Å². The molecule has 7 aromatic rings. The van der Waals surface area contributed by atoms with E-state index in [2.05, 4.69) is 6.92 Å². The van der Waals surface area contributed by atoms with E-state index in [1.807, 2.05) is 54.6 Å². The first-order valence-electron chi connectivity index (χ1n) is 26.4. The second-order valence-electron chi connectivity index (χ2n) is 18.4. The van der Waals surface area contributed by atoms with Crippen LogP contribution < -0.4 is 14.2 Å². The van der Waals surface area contributed by atoms with Gasteiger partial charge in [0.15, 0.2) is 17.3 Å². The molecule has 0 spiro atoms. The van der Waals surface area contributed by atoms with E-state index >= 15 is 0 Å². The van der Waals surface area contributed by atoms with Crippen LogP contribution in [0.1, 0.15) is 163 Å². The molecule has 75 heavy (non-hydrogen) atoms. The van der Waals surface area contributed by atoms with Crippen LogP contribution in [0, 0.1) is 0 Å². The lowest BCUT2D eigenvalue weighted by Gasteiger charge is -2.09. The van der Waals surface area contributed by atoms with Crippen molar-refractivity contribution in [2.75, 3.05) is 13.7 Å². The third-order valence-corrected chi connectivity index (χ3v) is 12.6. The Morgan fingerprint density at radius 1 is 0.360 bits per heavy atom. The highest BCUT2D eigenvalue weighted by Crippen LogP contribution is 2.30. The van der Waals surface area contributed by atoms with Crippen molar-refractivity contribution >= 4 is 17.3 Å². The van der Waals surface area contributed by atoms with Crippen LogP contribution in [0.25, 0.3) is 0 Å². The molecular weight excluding hydrogens is 941 g/mol. The predicted molar refractivity (Wildman–Crippen MR) is 298 cm³/mol. The van der Waals surface area contributed by atoms with E-state index in [0.29, 0.717) is 47.2 Å². The minimum atomic E-state index is -0.437. The molecule has 0 heterocycles. The number of rotatable bonds is 28. The van der Waals surface area contributed by atoms with E-state index in [1.165, 1.54) is 134 Å². The van der Waals surface area contributed by atoms with Crippen LogP contribution in [-0.2, 0) is 6.61 Å². The molecule has 0 aromatic heterocycles. The summed E-state index contributed by atoms with van der Waals surface area (Å²) in [5, 5.41) is 39.8. The second kappa shape index (κ2) is 33.1. The monoisotopic (exact) mass is 1010 g/mol. The van der Waals surface area contributed by atoms with Gasteiger partial charge in [-0.2, -0.15) is 0 Å². The second-order valence-corrected chi connectivity index (χ2v) is 18.4. The maximum absolute atomic E-state index is 12.5. The molecule has 10 nitrogen and oxygen atoms in total. The Kier molecular flexibility index (Phi) is 25.6. The first-order valence-corrected chi connectivity index (χ1v) is 26.4. The van der Waals surface area contributed by atoms with E-state index in [-0.39, 0.29) is 51.3 Å². The summed E-state index contributed by atoms with van der Waals surface area (Å²) < 4.78 is 16.4.